The summed E-state index contributed by atoms with van der Waals surface area (Å²) >= 11 is 11.4. The highest BCUT2D eigenvalue weighted by atomic mass is 35.5. The lowest BCUT2D eigenvalue weighted by molar-refractivity contribution is -0.139. The van der Waals surface area contributed by atoms with Gasteiger partial charge in [-0.2, -0.15) is 13.2 Å². The molecule has 0 saturated carbocycles. The molecule has 0 spiro atoms. The Morgan fingerprint density at radius 2 is 1.89 bits per heavy atom. The van der Waals surface area contributed by atoms with E-state index in [-0.39, 0.29) is 23.9 Å². The number of fused-ring (bicyclic) bond motifs is 1. The molecule has 1 aliphatic rings. The first kappa shape index (κ1) is 26.2. The molecule has 0 aliphatic heterocycles. The Bertz CT molecular complexity index is 1280. The number of halogens is 6. The third-order valence-corrected chi connectivity index (χ3v) is 6.67. The number of rotatable bonds is 6. The first-order valence-corrected chi connectivity index (χ1v) is 12.0. The lowest BCUT2D eigenvalue weighted by Gasteiger charge is -2.18. The molecule has 3 aromatic rings. The van der Waals surface area contributed by atoms with Gasteiger partial charge >= 0.3 is 6.18 Å². The minimum Gasteiger partial charge on any atom is -0.349 e. The summed E-state index contributed by atoms with van der Waals surface area (Å²) in [5.41, 5.74) is 3.95. The Morgan fingerprint density at radius 1 is 1.17 bits per heavy atom. The maximum Gasteiger partial charge on any atom is 0.399 e. The van der Waals surface area contributed by atoms with E-state index >= 15 is 0 Å². The zero-order valence-corrected chi connectivity index (χ0v) is 20.7. The fourth-order valence-corrected chi connectivity index (χ4v) is 4.80. The predicted octanol–water partition coefficient (Wildman–Crippen LogP) is 7.54. The number of aryl methyl sites for hydroxylation is 2. The van der Waals surface area contributed by atoms with Crippen molar-refractivity contribution in [1.82, 2.24) is 10.3 Å². The van der Waals surface area contributed by atoms with Gasteiger partial charge in [-0.15, -0.1) is 0 Å². The molecule has 4 rings (SSSR count). The van der Waals surface area contributed by atoms with Crippen LogP contribution in [0.5, 0.6) is 0 Å². The molecule has 0 bridgehead atoms. The minimum atomic E-state index is -4.62. The first-order valence-electron chi connectivity index (χ1n) is 11.2. The van der Waals surface area contributed by atoms with Crippen LogP contribution in [0.15, 0.2) is 54.7 Å². The Balaban J connectivity index is 1.48. The van der Waals surface area contributed by atoms with Crippen molar-refractivity contribution in [2.75, 3.05) is 0 Å². The fraction of sp³-hybridized carbons (Fsp3) is 0.259. The van der Waals surface area contributed by atoms with Crippen molar-refractivity contribution in [3.8, 4) is 0 Å². The predicted molar refractivity (Wildman–Crippen MR) is 133 cm³/mol. The molecule has 1 heterocycles. The Morgan fingerprint density at radius 3 is 2.53 bits per heavy atom. The molecule has 0 fully saturated rings. The van der Waals surface area contributed by atoms with Gasteiger partial charge in [0.15, 0.2) is 5.82 Å². The zero-order chi connectivity index (χ0) is 26.0. The van der Waals surface area contributed by atoms with E-state index in [0.717, 1.165) is 40.6 Å². The summed E-state index contributed by atoms with van der Waals surface area (Å²) in [6, 6.07) is 10.8. The van der Waals surface area contributed by atoms with Crippen LogP contribution in [-0.2, 0) is 17.6 Å². The van der Waals surface area contributed by atoms with E-state index in [4.69, 9.17) is 23.2 Å². The highest BCUT2D eigenvalue weighted by Crippen LogP contribution is 2.40. The summed E-state index contributed by atoms with van der Waals surface area (Å²) in [4.78, 5) is 16.7. The Labute approximate surface area is 216 Å². The Kier molecular flexibility index (Phi) is 7.71. The average Bonchev–Trinajstić information content (AvgIpc) is 3.20. The number of alkyl halides is 3. The molecule has 1 aromatic heterocycles. The number of pyridine rings is 1. The molecule has 2 atom stereocenters. The second kappa shape index (κ2) is 10.6. The summed E-state index contributed by atoms with van der Waals surface area (Å²) < 4.78 is 55.0. The molecule has 1 aliphatic carbocycles. The number of aromatic nitrogens is 1. The molecule has 0 saturated heterocycles. The van der Waals surface area contributed by atoms with Crippen molar-refractivity contribution in [1.29, 1.82) is 0 Å². The number of hydrogen-bond donors (Lipinski definition) is 1. The largest absolute Gasteiger partial charge is 0.399 e. The smallest absolute Gasteiger partial charge is 0.349 e. The van der Waals surface area contributed by atoms with Gasteiger partial charge in [-0.1, -0.05) is 59.6 Å². The number of carbonyl (C=O) groups is 1. The molecular formula is C27H22Cl2F4N2O. The van der Waals surface area contributed by atoms with Gasteiger partial charge in [-0.05, 0) is 65.8 Å². The van der Waals surface area contributed by atoms with Crippen molar-refractivity contribution < 1.29 is 22.4 Å². The third-order valence-electron chi connectivity index (χ3n) is 6.12. The van der Waals surface area contributed by atoms with E-state index in [1.54, 1.807) is 12.3 Å². The van der Waals surface area contributed by atoms with Gasteiger partial charge in [0.1, 0.15) is 0 Å². The molecule has 1 amide bonds. The second-order valence-corrected chi connectivity index (χ2v) is 9.59. The van der Waals surface area contributed by atoms with Crippen LogP contribution in [0.3, 0.4) is 0 Å². The number of carbonyl (C=O) groups excluding carboxylic acids is 1. The van der Waals surface area contributed by atoms with E-state index < -0.39 is 28.0 Å². The van der Waals surface area contributed by atoms with Crippen molar-refractivity contribution >= 4 is 35.2 Å². The number of nitrogens with zero attached hydrogens (tertiary/aromatic N) is 1. The monoisotopic (exact) mass is 536 g/mol. The summed E-state index contributed by atoms with van der Waals surface area (Å²) in [6.45, 7) is 1.88. The summed E-state index contributed by atoms with van der Waals surface area (Å²) in [5.74, 6) is -3.08. The van der Waals surface area contributed by atoms with Crippen LogP contribution in [-0.4, -0.2) is 17.1 Å². The van der Waals surface area contributed by atoms with Crippen molar-refractivity contribution in [2.24, 2.45) is 0 Å². The lowest BCUT2D eigenvalue weighted by Crippen LogP contribution is -2.28. The molecule has 3 nitrogen and oxygen atoms in total. The van der Waals surface area contributed by atoms with Crippen molar-refractivity contribution in [3.63, 3.8) is 0 Å². The molecule has 2 aromatic carbocycles. The topological polar surface area (TPSA) is 42.0 Å². The normalized spacial score (nSPS) is 16.2. The summed E-state index contributed by atoms with van der Waals surface area (Å²) in [7, 11) is 0. The number of amides is 1. The molecule has 1 N–H and O–H groups in total. The number of allylic oxidation sites excluding steroid dienone is 1. The quantitative estimate of drug-likeness (QED) is 0.261. The van der Waals surface area contributed by atoms with Gasteiger partial charge in [-0.25, -0.2) is 4.39 Å². The second-order valence-electron chi connectivity index (χ2n) is 8.78. The SMILES string of the molecule is Cc1ccc(CC(=O)NC2CCc3cc(/C=C/C(c4cc(Cl)c(F)c(Cl)c4)C(F)(F)F)ccc32)cn1. The zero-order valence-electron chi connectivity index (χ0n) is 19.2. The van der Waals surface area contributed by atoms with Crippen molar-refractivity contribution in [3.05, 3.63) is 104 Å². The van der Waals surface area contributed by atoms with Gasteiger partial charge in [0.05, 0.1) is 28.4 Å². The van der Waals surface area contributed by atoms with Crippen LogP contribution in [0.2, 0.25) is 10.0 Å². The van der Waals surface area contributed by atoms with Gasteiger partial charge in [0, 0.05) is 11.9 Å². The van der Waals surface area contributed by atoms with Gasteiger partial charge in [0.25, 0.3) is 0 Å². The molecule has 188 valence electrons. The van der Waals surface area contributed by atoms with E-state index in [2.05, 4.69) is 10.3 Å². The van der Waals surface area contributed by atoms with Crippen LogP contribution < -0.4 is 5.32 Å². The molecule has 0 radical (unpaired) electrons. The summed E-state index contributed by atoms with van der Waals surface area (Å²) in [6.07, 6.45) is 1.05. The molecule has 36 heavy (non-hydrogen) atoms. The molecule has 2 unspecified atom stereocenters. The molecule has 9 heteroatoms. The van der Waals surface area contributed by atoms with E-state index in [0.29, 0.717) is 18.4 Å². The molecular weight excluding hydrogens is 515 g/mol. The number of hydrogen-bond acceptors (Lipinski definition) is 2. The Hall–Kier alpha value is -2.90. The van der Waals surface area contributed by atoms with Gasteiger partial charge in [0.2, 0.25) is 5.91 Å². The van der Waals surface area contributed by atoms with Crippen LogP contribution in [0, 0.1) is 12.7 Å². The number of nitrogens with one attached hydrogen (secondary N) is 1. The maximum absolute atomic E-state index is 13.8. The average molecular weight is 537 g/mol. The summed E-state index contributed by atoms with van der Waals surface area (Å²) in [5, 5.41) is 2.10. The lowest BCUT2D eigenvalue weighted by atomic mass is 9.96. The standard InChI is InChI=1S/C27H22Cl2F4N2O/c1-15-2-3-17(14-34-15)11-25(36)35-24-9-6-18-10-16(4-7-20(18)24)5-8-21(27(31,32)33)19-12-22(28)26(30)23(29)13-19/h2-5,7-8,10,12-14,21,24H,6,9,11H2,1H3,(H,35,36)/b8-5+. The van der Waals surface area contributed by atoms with E-state index in [1.165, 1.54) is 6.08 Å². The van der Waals surface area contributed by atoms with Gasteiger partial charge in [-0.3, -0.25) is 9.78 Å². The van der Waals surface area contributed by atoms with Crippen LogP contribution in [0.4, 0.5) is 17.6 Å². The highest BCUT2D eigenvalue weighted by molar-refractivity contribution is 6.35. The van der Waals surface area contributed by atoms with Gasteiger partial charge < -0.3 is 5.32 Å². The van der Waals surface area contributed by atoms with Crippen LogP contribution in [0.25, 0.3) is 6.08 Å². The first-order chi connectivity index (χ1) is 17.0. The minimum absolute atomic E-state index is 0.118. The fourth-order valence-electron chi connectivity index (χ4n) is 4.30. The van der Waals surface area contributed by atoms with E-state index in [9.17, 15) is 22.4 Å². The highest BCUT2D eigenvalue weighted by Gasteiger charge is 2.39. The number of benzene rings is 2. The van der Waals surface area contributed by atoms with Crippen molar-refractivity contribution in [2.45, 2.75) is 44.3 Å². The van der Waals surface area contributed by atoms with Crippen LogP contribution >= 0.6 is 23.2 Å². The van der Waals surface area contributed by atoms with E-state index in [1.807, 2.05) is 31.2 Å². The maximum atomic E-state index is 13.8. The third kappa shape index (κ3) is 6.08. The van der Waals surface area contributed by atoms with Crippen LogP contribution in [0.1, 0.15) is 51.9 Å².